The van der Waals surface area contributed by atoms with E-state index in [0.717, 1.165) is 38.7 Å². The Balaban J connectivity index is 2.53. The highest BCUT2D eigenvalue weighted by molar-refractivity contribution is 4.91. The number of hydrogen-bond donors (Lipinski definition) is 1. The van der Waals surface area contributed by atoms with Gasteiger partial charge in [-0.3, -0.25) is 0 Å². The Morgan fingerprint density at radius 1 is 1.20 bits per heavy atom. The molecule has 1 aliphatic rings. The maximum Gasteiger partial charge on any atom is 0.0939 e. The average molecular weight is 214 g/mol. The number of unbranched alkanes of at least 4 members (excludes halogenated alkanes) is 1. The molecule has 2 nitrogen and oxygen atoms in total. The minimum Gasteiger partial charge on any atom is -0.390 e. The van der Waals surface area contributed by atoms with E-state index < -0.39 is 0 Å². The fraction of sp³-hybridized carbons (Fsp3) is 1.00. The molecule has 90 valence electrons. The second-order valence-electron chi connectivity index (χ2n) is 4.72. The van der Waals surface area contributed by atoms with Gasteiger partial charge in [0, 0.05) is 6.61 Å². The Labute approximate surface area is 94.0 Å². The molecule has 0 aromatic heterocycles. The smallest absolute Gasteiger partial charge is 0.0939 e. The van der Waals surface area contributed by atoms with Crippen molar-refractivity contribution in [3.05, 3.63) is 0 Å². The molecule has 0 heterocycles. The molecule has 1 rings (SSSR count). The lowest BCUT2D eigenvalue weighted by Gasteiger charge is -2.41. The Kier molecular flexibility index (Phi) is 5.62. The van der Waals surface area contributed by atoms with Crippen LogP contribution >= 0.6 is 0 Å². The fourth-order valence-electron chi connectivity index (χ4n) is 2.67. The summed E-state index contributed by atoms with van der Waals surface area (Å²) in [5, 5.41) is 10.3. The van der Waals surface area contributed by atoms with Crippen molar-refractivity contribution in [1.82, 2.24) is 0 Å². The highest BCUT2D eigenvalue weighted by Gasteiger charge is 2.39. The van der Waals surface area contributed by atoms with Crippen molar-refractivity contribution < 1.29 is 9.84 Å². The first-order chi connectivity index (χ1) is 7.25. The first kappa shape index (κ1) is 13.0. The number of aliphatic hydroxyl groups excluding tert-OH is 1. The predicted molar refractivity (Wildman–Crippen MR) is 63.0 cm³/mol. The molecule has 1 saturated carbocycles. The Hall–Kier alpha value is -0.0800. The highest BCUT2D eigenvalue weighted by atomic mass is 16.5. The van der Waals surface area contributed by atoms with Crippen molar-refractivity contribution in [2.45, 2.75) is 76.9 Å². The molecule has 1 unspecified atom stereocenters. The van der Waals surface area contributed by atoms with Gasteiger partial charge in [0.25, 0.3) is 0 Å². The van der Waals surface area contributed by atoms with Crippen LogP contribution in [0.4, 0.5) is 0 Å². The summed E-state index contributed by atoms with van der Waals surface area (Å²) in [7, 11) is 0. The van der Waals surface area contributed by atoms with Crippen LogP contribution in [0.5, 0.6) is 0 Å². The number of aliphatic hydroxyl groups is 1. The van der Waals surface area contributed by atoms with E-state index in [1.54, 1.807) is 0 Å². The normalized spacial score (nSPS) is 22.6. The SMILES string of the molecule is CCCCC(O)C1(OCC)CCCCC1. The second kappa shape index (κ2) is 6.49. The molecule has 0 spiro atoms. The maximum absolute atomic E-state index is 10.3. The summed E-state index contributed by atoms with van der Waals surface area (Å²) in [6.45, 7) is 4.92. The third kappa shape index (κ3) is 3.46. The topological polar surface area (TPSA) is 29.5 Å². The lowest BCUT2D eigenvalue weighted by Crippen LogP contribution is -2.46. The summed E-state index contributed by atoms with van der Waals surface area (Å²) in [5.74, 6) is 0. The van der Waals surface area contributed by atoms with E-state index in [9.17, 15) is 5.11 Å². The van der Waals surface area contributed by atoms with Gasteiger partial charge in [-0.25, -0.2) is 0 Å². The van der Waals surface area contributed by atoms with Gasteiger partial charge in [-0.05, 0) is 26.2 Å². The molecule has 15 heavy (non-hydrogen) atoms. The van der Waals surface area contributed by atoms with Gasteiger partial charge in [-0.1, -0.05) is 39.0 Å². The second-order valence-corrected chi connectivity index (χ2v) is 4.72. The molecule has 0 bridgehead atoms. The Morgan fingerprint density at radius 2 is 1.87 bits per heavy atom. The summed E-state index contributed by atoms with van der Waals surface area (Å²) in [6.07, 6.45) is 8.72. The van der Waals surface area contributed by atoms with Crippen molar-refractivity contribution in [2.24, 2.45) is 0 Å². The molecule has 0 saturated heterocycles. The molecule has 0 aromatic carbocycles. The summed E-state index contributed by atoms with van der Waals surface area (Å²) in [4.78, 5) is 0. The van der Waals surface area contributed by atoms with Gasteiger partial charge in [0.2, 0.25) is 0 Å². The van der Waals surface area contributed by atoms with Gasteiger partial charge in [0.15, 0.2) is 0 Å². The lowest BCUT2D eigenvalue weighted by atomic mass is 9.79. The highest BCUT2D eigenvalue weighted by Crippen LogP contribution is 2.36. The van der Waals surface area contributed by atoms with Crippen LogP contribution in [0, 0.1) is 0 Å². The molecule has 0 radical (unpaired) electrons. The third-order valence-electron chi connectivity index (χ3n) is 3.57. The maximum atomic E-state index is 10.3. The minimum absolute atomic E-state index is 0.206. The predicted octanol–water partition coefficient (Wildman–Crippen LogP) is 3.28. The molecule has 1 fully saturated rings. The summed E-state index contributed by atoms with van der Waals surface area (Å²) < 4.78 is 5.88. The quantitative estimate of drug-likeness (QED) is 0.735. The van der Waals surface area contributed by atoms with Gasteiger partial charge in [0.1, 0.15) is 0 Å². The molecule has 0 amide bonds. The molecule has 1 atom stereocenters. The summed E-state index contributed by atoms with van der Waals surface area (Å²) in [5.41, 5.74) is -0.206. The van der Waals surface area contributed by atoms with E-state index in [-0.39, 0.29) is 11.7 Å². The van der Waals surface area contributed by atoms with Crippen LogP contribution in [0.15, 0.2) is 0 Å². The van der Waals surface area contributed by atoms with Crippen molar-refractivity contribution in [3.8, 4) is 0 Å². The van der Waals surface area contributed by atoms with E-state index in [0.29, 0.717) is 0 Å². The van der Waals surface area contributed by atoms with Gasteiger partial charge in [0.05, 0.1) is 11.7 Å². The Morgan fingerprint density at radius 3 is 2.40 bits per heavy atom. The number of hydrogen-bond acceptors (Lipinski definition) is 2. The van der Waals surface area contributed by atoms with Crippen LogP contribution in [0.25, 0.3) is 0 Å². The summed E-state index contributed by atoms with van der Waals surface area (Å²) in [6, 6.07) is 0. The number of rotatable bonds is 6. The van der Waals surface area contributed by atoms with E-state index in [2.05, 4.69) is 6.92 Å². The average Bonchev–Trinajstić information content (AvgIpc) is 2.27. The monoisotopic (exact) mass is 214 g/mol. The van der Waals surface area contributed by atoms with Gasteiger partial charge >= 0.3 is 0 Å². The molecule has 1 N–H and O–H groups in total. The molecule has 2 heteroatoms. The lowest BCUT2D eigenvalue weighted by molar-refractivity contribution is -0.141. The molecule has 1 aliphatic carbocycles. The molecule has 0 aliphatic heterocycles. The van der Waals surface area contributed by atoms with E-state index in [1.807, 2.05) is 6.92 Å². The van der Waals surface area contributed by atoms with Crippen molar-refractivity contribution in [3.63, 3.8) is 0 Å². The van der Waals surface area contributed by atoms with Crippen LogP contribution < -0.4 is 0 Å². The van der Waals surface area contributed by atoms with Crippen LogP contribution in [0.1, 0.15) is 65.2 Å². The van der Waals surface area contributed by atoms with Crippen molar-refractivity contribution in [2.75, 3.05) is 6.61 Å². The summed E-state index contributed by atoms with van der Waals surface area (Å²) >= 11 is 0. The molecular weight excluding hydrogens is 188 g/mol. The number of ether oxygens (including phenoxy) is 1. The standard InChI is InChI=1S/C13H26O2/c1-3-5-9-12(14)13(15-4-2)10-7-6-8-11-13/h12,14H,3-11H2,1-2H3. The van der Waals surface area contributed by atoms with Gasteiger partial charge < -0.3 is 9.84 Å². The van der Waals surface area contributed by atoms with Crippen molar-refractivity contribution in [1.29, 1.82) is 0 Å². The van der Waals surface area contributed by atoms with Gasteiger partial charge in [-0.15, -0.1) is 0 Å². The van der Waals surface area contributed by atoms with Crippen LogP contribution in [-0.4, -0.2) is 23.4 Å². The van der Waals surface area contributed by atoms with Crippen molar-refractivity contribution >= 4 is 0 Å². The van der Waals surface area contributed by atoms with Crippen LogP contribution in [-0.2, 0) is 4.74 Å². The van der Waals surface area contributed by atoms with Gasteiger partial charge in [-0.2, -0.15) is 0 Å². The zero-order valence-corrected chi connectivity index (χ0v) is 10.3. The zero-order chi connectivity index (χ0) is 11.1. The van der Waals surface area contributed by atoms with E-state index in [4.69, 9.17) is 4.74 Å². The van der Waals surface area contributed by atoms with Crippen LogP contribution in [0.2, 0.25) is 0 Å². The third-order valence-corrected chi connectivity index (χ3v) is 3.57. The first-order valence-electron chi connectivity index (χ1n) is 6.57. The van der Waals surface area contributed by atoms with Crippen LogP contribution in [0.3, 0.4) is 0 Å². The fourth-order valence-corrected chi connectivity index (χ4v) is 2.67. The first-order valence-corrected chi connectivity index (χ1v) is 6.57. The molecule has 0 aromatic rings. The van der Waals surface area contributed by atoms with E-state index >= 15 is 0 Å². The van der Waals surface area contributed by atoms with E-state index in [1.165, 1.54) is 19.3 Å². The largest absolute Gasteiger partial charge is 0.390 e. The molecular formula is C13H26O2. The minimum atomic E-state index is -0.252. The Bertz CT molecular complexity index is 156. The zero-order valence-electron chi connectivity index (χ0n) is 10.3.